The Morgan fingerprint density at radius 2 is 2.04 bits per heavy atom. The number of hydrogen-bond acceptors (Lipinski definition) is 3. The lowest BCUT2D eigenvalue weighted by Crippen LogP contribution is -2.37. The molecule has 0 fully saturated rings. The van der Waals surface area contributed by atoms with Gasteiger partial charge in [0.2, 0.25) is 0 Å². The van der Waals surface area contributed by atoms with Gasteiger partial charge in [-0.05, 0) is 24.6 Å². The van der Waals surface area contributed by atoms with Crippen LogP contribution in [0, 0.1) is 0 Å². The highest BCUT2D eigenvalue weighted by Gasteiger charge is 2.32. The molecule has 11 heteroatoms. The topological polar surface area (TPSA) is 71.3 Å². The highest BCUT2D eigenvalue weighted by atomic mass is 79.9. The van der Waals surface area contributed by atoms with Gasteiger partial charge in [-0.25, -0.2) is 4.79 Å². The Balaban J connectivity index is 1.72. The standard InChI is InChI=1S/C17H14BrClF3N5O/c1-9(11-4-2-3-5-12(11)18)24-16(28)23-7-14-25-26-15-13(19)6-10(8-27(14)15)17(20,21)22/h2-6,8-9H,7H2,1H3,(H2,23,24,28). The first-order valence-corrected chi connectivity index (χ1v) is 9.23. The summed E-state index contributed by atoms with van der Waals surface area (Å²) in [6, 6.07) is 7.42. The number of benzene rings is 1. The molecule has 0 radical (unpaired) electrons. The van der Waals surface area contributed by atoms with E-state index in [1.165, 1.54) is 0 Å². The molecule has 3 rings (SSSR count). The number of carbonyl (C=O) groups excluding carboxylic acids is 1. The molecule has 2 aromatic heterocycles. The smallest absolute Gasteiger partial charge is 0.332 e. The Labute approximate surface area is 171 Å². The van der Waals surface area contributed by atoms with Gasteiger partial charge in [0, 0.05) is 10.7 Å². The molecule has 2 N–H and O–H groups in total. The Hall–Kier alpha value is -2.33. The summed E-state index contributed by atoms with van der Waals surface area (Å²) in [5.74, 6) is 0.117. The van der Waals surface area contributed by atoms with Gasteiger partial charge >= 0.3 is 12.2 Å². The molecule has 0 aliphatic carbocycles. The number of rotatable bonds is 4. The molecule has 1 unspecified atom stereocenters. The molecule has 2 heterocycles. The molecule has 3 aromatic rings. The summed E-state index contributed by atoms with van der Waals surface area (Å²) in [6.45, 7) is 1.68. The predicted molar refractivity (Wildman–Crippen MR) is 101 cm³/mol. The van der Waals surface area contributed by atoms with E-state index in [2.05, 4.69) is 36.8 Å². The predicted octanol–water partition coefficient (Wildman–Crippen LogP) is 4.72. The van der Waals surface area contributed by atoms with Crippen molar-refractivity contribution in [1.82, 2.24) is 25.2 Å². The minimum Gasteiger partial charge on any atom is -0.332 e. The molecule has 1 aromatic carbocycles. The lowest BCUT2D eigenvalue weighted by molar-refractivity contribution is -0.137. The van der Waals surface area contributed by atoms with Crippen LogP contribution in [-0.2, 0) is 12.7 Å². The van der Waals surface area contributed by atoms with Crippen LogP contribution < -0.4 is 10.6 Å². The lowest BCUT2D eigenvalue weighted by Gasteiger charge is -2.16. The molecule has 0 spiro atoms. The van der Waals surface area contributed by atoms with Crippen LogP contribution in [-0.4, -0.2) is 20.6 Å². The van der Waals surface area contributed by atoms with Gasteiger partial charge in [-0.15, -0.1) is 10.2 Å². The number of amides is 2. The maximum Gasteiger partial charge on any atom is 0.417 e. The number of halogens is 5. The van der Waals surface area contributed by atoms with Crippen LogP contribution in [0.2, 0.25) is 5.02 Å². The molecule has 0 saturated carbocycles. The highest BCUT2D eigenvalue weighted by molar-refractivity contribution is 9.10. The van der Waals surface area contributed by atoms with Gasteiger partial charge in [0.15, 0.2) is 11.5 Å². The third-order valence-corrected chi connectivity index (χ3v) is 4.98. The quantitative estimate of drug-likeness (QED) is 0.572. The summed E-state index contributed by atoms with van der Waals surface area (Å²) in [5.41, 5.74) is 0.0266. The number of urea groups is 1. The molecular weight excluding hydrogens is 463 g/mol. The van der Waals surface area contributed by atoms with E-state index >= 15 is 0 Å². The molecular formula is C17H14BrClF3N5O. The van der Waals surface area contributed by atoms with Crippen LogP contribution in [0.3, 0.4) is 0 Å². The minimum atomic E-state index is -4.57. The summed E-state index contributed by atoms with van der Waals surface area (Å²) >= 11 is 9.28. The van der Waals surface area contributed by atoms with Crippen molar-refractivity contribution in [3.8, 4) is 0 Å². The third-order valence-electron chi connectivity index (χ3n) is 3.98. The summed E-state index contributed by atoms with van der Waals surface area (Å²) in [6.07, 6.45) is -3.72. The average Bonchev–Trinajstić information content (AvgIpc) is 3.03. The second kappa shape index (κ2) is 7.96. The maximum atomic E-state index is 13.0. The second-order valence-corrected chi connectivity index (χ2v) is 7.22. The number of hydrogen-bond donors (Lipinski definition) is 2. The van der Waals surface area contributed by atoms with E-state index in [-0.39, 0.29) is 29.1 Å². The third kappa shape index (κ3) is 4.39. The van der Waals surface area contributed by atoms with E-state index in [4.69, 9.17) is 11.6 Å². The molecule has 148 valence electrons. The number of nitrogens with one attached hydrogen (secondary N) is 2. The van der Waals surface area contributed by atoms with Crippen LogP contribution in [0.15, 0.2) is 41.0 Å². The molecule has 0 aliphatic heterocycles. The van der Waals surface area contributed by atoms with Gasteiger partial charge in [-0.3, -0.25) is 4.40 Å². The van der Waals surface area contributed by atoms with Gasteiger partial charge in [0.05, 0.1) is 23.2 Å². The van der Waals surface area contributed by atoms with Crippen LogP contribution in [0.25, 0.3) is 5.65 Å². The van der Waals surface area contributed by atoms with Crippen molar-refractivity contribution >= 4 is 39.2 Å². The van der Waals surface area contributed by atoms with Crippen molar-refractivity contribution in [3.05, 3.63) is 63.0 Å². The van der Waals surface area contributed by atoms with E-state index in [1.54, 1.807) is 0 Å². The van der Waals surface area contributed by atoms with E-state index in [9.17, 15) is 18.0 Å². The summed E-state index contributed by atoms with van der Waals surface area (Å²) in [7, 11) is 0. The van der Waals surface area contributed by atoms with Gasteiger partial charge in [0.25, 0.3) is 0 Å². The van der Waals surface area contributed by atoms with E-state index < -0.39 is 17.8 Å². The van der Waals surface area contributed by atoms with Gasteiger partial charge in [-0.1, -0.05) is 45.7 Å². The summed E-state index contributed by atoms with van der Waals surface area (Å²) < 4.78 is 40.9. The van der Waals surface area contributed by atoms with Crippen molar-refractivity contribution < 1.29 is 18.0 Å². The fraction of sp³-hybridized carbons (Fsp3) is 0.235. The molecule has 0 aliphatic rings. The normalized spacial score (nSPS) is 12.8. The number of carbonyl (C=O) groups is 1. The Morgan fingerprint density at radius 3 is 2.71 bits per heavy atom. The Kier molecular flexibility index (Phi) is 5.80. The van der Waals surface area contributed by atoms with E-state index in [0.29, 0.717) is 0 Å². The number of nitrogens with zero attached hydrogens (tertiary/aromatic N) is 3. The van der Waals surface area contributed by atoms with Gasteiger partial charge < -0.3 is 10.6 Å². The minimum absolute atomic E-state index is 0.0773. The van der Waals surface area contributed by atoms with Crippen molar-refractivity contribution in [2.75, 3.05) is 0 Å². The Morgan fingerprint density at radius 1 is 1.32 bits per heavy atom. The summed E-state index contributed by atoms with van der Waals surface area (Å²) in [5, 5.41) is 12.7. The first-order chi connectivity index (χ1) is 13.2. The number of fused-ring (bicyclic) bond motifs is 1. The molecule has 0 bridgehead atoms. The van der Waals surface area contributed by atoms with Gasteiger partial charge in [-0.2, -0.15) is 13.2 Å². The van der Waals surface area contributed by atoms with Crippen molar-refractivity contribution in [2.24, 2.45) is 0 Å². The fourth-order valence-electron chi connectivity index (χ4n) is 2.59. The largest absolute Gasteiger partial charge is 0.417 e. The SMILES string of the molecule is CC(NC(=O)NCc1nnc2c(Cl)cc(C(F)(F)F)cn12)c1ccccc1Br. The molecule has 6 nitrogen and oxygen atoms in total. The van der Waals surface area contributed by atoms with Crippen molar-refractivity contribution in [2.45, 2.75) is 25.7 Å². The zero-order valence-electron chi connectivity index (χ0n) is 14.4. The maximum absolute atomic E-state index is 13.0. The fourth-order valence-corrected chi connectivity index (χ4v) is 3.46. The molecule has 0 saturated heterocycles. The first-order valence-electron chi connectivity index (χ1n) is 8.06. The monoisotopic (exact) mass is 475 g/mol. The average molecular weight is 477 g/mol. The number of pyridine rings is 1. The number of aromatic nitrogens is 3. The first kappa shape index (κ1) is 20.4. The molecule has 2 amide bonds. The van der Waals surface area contributed by atoms with Crippen LogP contribution in [0.4, 0.5) is 18.0 Å². The Bertz CT molecular complexity index is 1020. The van der Waals surface area contributed by atoms with Crippen molar-refractivity contribution in [3.63, 3.8) is 0 Å². The van der Waals surface area contributed by atoms with E-state index in [1.807, 2.05) is 31.2 Å². The zero-order valence-corrected chi connectivity index (χ0v) is 16.7. The second-order valence-electron chi connectivity index (χ2n) is 5.95. The number of alkyl halides is 3. The van der Waals surface area contributed by atoms with Gasteiger partial charge in [0.1, 0.15) is 0 Å². The molecule has 28 heavy (non-hydrogen) atoms. The lowest BCUT2D eigenvalue weighted by atomic mass is 10.1. The van der Waals surface area contributed by atoms with Crippen LogP contribution in [0.1, 0.15) is 29.9 Å². The van der Waals surface area contributed by atoms with Crippen LogP contribution in [0.5, 0.6) is 0 Å². The van der Waals surface area contributed by atoms with Crippen LogP contribution >= 0.6 is 27.5 Å². The zero-order chi connectivity index (χ0) is 20.5. The van der Waals surface area contributed by atoms with E-state index in [0.717, 1.165) is 26.7 Å². The molecule has 1 atom stereocenters. The summed E-state index contributed by atoms with van der Waals surface area (Å²) in [4.78, 5) is 12.2. The highest BCUT2D eigenvalue weighted by Crippen LogP contribution is 2.32. The van der Waals surface area contributed by atoms with Crippen molar-refractivity contribution in [1.29, 1.82) is 0 Å².